The van der Waals surface area contributed by atoms with Gasteiger partial charge in [0.25, 0.3) is 0 Å². The van der Waals surface area contributed by atoms with Crippen molar-refractivity contribution >= 4 is 23.2 Å². The van der Waals surface area contributed by atoms with Crippen LogP contribution in [0.2, 0.25) is 0 Å². The van der Waals surface area contributed by atoms with Crippen molar-refractivity contribution in [2.75, 3.05) is 17.3 Å². The van der Waals surface area contributed by atoms with E-state index in [1.54, 1.807) is 42.7 Å². The maximum absolute atomic E-state index is 13.7. The topological polar surface area (TPSA) is 102 Å². The number of amides is 2. The number of anilines is 2. The molecule has 2 aromatic heterocycles. The van der Waals surface area contributed by atoms with Crippen LogP contribution in [0.25, 0.3) is 5.82 Å². The summed E-state index contributed by atoms with van der Waals surface area (Å²) in [7, 11) is 1.59. The smallest absolute Gasteiger partial charge is 0.229 e. The number of benzene rings is 2. The number of hydrogen-bond acceptors (Lipinski definition) is 6. The van der Waals surface area contributed by atoms with Crippen molar-refractivity contribution in [2.24, 2.45) is 5.92 Å². The van der Waals surface area contributed by atoms with E-state index in [1.165, 1.54) is 4.80 Å². The highest BCUT2D eigenvalue weighted by Crippen LogP contribution is 2.43. The molecule has 0 bridgehead atoms. The first-order valence-electron chi connectivity index (χ1n) is 11.7. The summed E-state index contributed by atoms with van der Waals surface area (Å²) in [6.07, 6.45) is 5.39. The zero-order valence-electron chi connectivity index (χ0n) is 20.0. The molecule has 1 saturated heterocycles. The predicted molar refractivity (Wildman–Crippen MR) is 135 cm³/mol. The Hall–Kier alpha value is -4.53. The molecule has 2 amide bonds. The molecule has 0 aliphatic carbocycles. The highest BCUT2D eigenvalue weighted by atomic mass is 16.5. The highest BCUT2D eigenvalue weighted by molar-refractivity contribution is 6.00. The van der Waals surface area contributed by atoms with E-state index >= 15 is 0 Å². The molecule has 4 aromatic rings. The minimum atomic E-state index is -0.536. The van der Waals surface area contributed by atoms with E-state index in [0.29, 0.717) is 23.7 Å². The van der Waals surface area contributed by atoms with Crippen molar-refractivity contribution in [3.05, 3.63) is 90.4 Å². The summed E-state index contributed by atoms with van der Waals surface area (Å²) >= 11 is 0. The van der Waals surface area contributed by atoms with E-state index in [9.17, 15) is 9.59 Å². The average Bonchev–Trinajstić information content (AvgIpc) is 3.44. The summed E-state index contributed by atoms with van der Waals surface area (Å²) in [6.45, 7) is 2.00. The van der Waals surface area contributed by atoms with Gasteiger partial charge in [-0.15, -0.1) is 4.80 Å². The Bertz CT molecular complexity index is 1350. The van der Waals surface area contributed by atoms with Crippen LogP contribution >= 0.6 is 0 Å². The standard InChI is InChI=1S/C27H26N6O3/c1-18-7-10-20(11-8-18)32-25(34)14-12-22(26(32)21-5-3-4-6-23(21)36-2)27(35)31-19-9-13-24(28-17-19)33-29-15-16-30-33/h3-11,13,15-17,22,26H,12,14H2,1-2H3,(H,31,35)/t22-,26-/m1/s1. The van der Waals surface area contributed by atoms with Gasteiger partial charge in [-0.05, 0) is 43.7 Å². The first-order chi connectivity index (χ1) is 17.5. The van der Waals surface area contributed by atoms with Gasteiger partial charge >= 0.3 is 0 Å². The number of ether oxygens (including phenoxy) is 1. The third-order valence-corrected chi connectivity index (χ3v) is 6.34. The highest BCUT2D eigenvalue weighted by Gasteiger charge is 2.42. The molecule has 0 radical (unpaired) electrons. The number of nitrogens with zero attached hydrogens (tertiary/aromatic N) is 5. The Morgan fingerprint density at radius 3 is 2.47 bits per heavy atom. The first-order valence-corrected chi connectivity index (χ1v) is 11.7. The summed E-state index contributed by atoms with van der Waals surface area (Å²) in [5.41, 5.74) is 3.17. The molecule has 9 heteroatoms. The second-order valence-corrected chi connectivity index (χ2v) is 8.64. The molecule has 5 rings (SSSR count). The van der Waals surface area contributed by atoms with Gasteiger partial charge in [-0.2, -0.15) is 10.2 Å². The van der Waals surface area contributed by atoms with Crippen LogP contribution in [0.4, 0.5) is 11.4 Å². The largest absolute Gasteiger partial charge is 0.496 e. The molecule has 1 aliphatic rings. The fourth-order valence-electron chi connectivity index (χ4n) is 4.59. The van der Waals surface area contributed by atoms with Crippen molar-refractivity contribution in [1.82, 2.24) is 20.0 Å². The van der Waals surface area contributed by atoms with Gasteiger partial charge in [-0.1, -0.05) is 35.9 Å². The molecule has 0 spiro atoms. The number of rotatable bonds is 6. The van der Waals surface area contributed by atoms with E-state index in [0.717, 1.165) is 16.8 Å². The lowest BCUT2D eigenvalue weighted by atomic mass is 9.82. The fraction of sp³-hybridized carbons (Fsp3) is 0.222. The quantitative estimate of drug-likeness (QED) is 0.444. The zero-order valence-corrected chi connectivity index (χ0v) is 20.0. The van der Waals surface area contributed by atoms with Crippen LogP contribution in [-0.4, -0.2) is 38.9 Å². The Kier molecular flexibility index (Phi) is 6.44. The Morgan fingerprint density at radius 1 is 1.03 bits per heavy atom. The van der Waals surface area contributed by atoms with Crippen molar-refractivity contribution in [3.63, 3.8) is 0 Å². The fourth-order valence-corrected chi connectivity index (χ4v) is 4.59. The summed E-state index contributed by atoms with van der Waals surface area (Å²) in [4.78, 5) is 34.4. The first kappa shape index (κ1) is 23.2. The maximum atomic E-state index is 13.7. The van der Waals surface area contributed by atoms with E-state index in [1.807, 2.05) is 55.5 Å². The zero-order chi connectivity index (χ0) is 25.1. The predicted octanol–water partition coefficient (Wildman–Crippen LogP) is 4.10. The van der Waals surface area contributed by atoms with Crippen molar-refractivity contribution in [3.8, 4) is 11.6 Å². The minimum Gasteiger partial charge on any atom is -0.496 e. The molecule has 9 nitrogen and oxygen atoms in total. The van der Waals surface area contributed by atoms with Gasteiger partial charge in [-0.25, -0.2) is 4.98 Å². The number of nitrogens with one attached hydrogen (secondary N) is 1. The minimum absolute atomic E-state index is 0.0310. The van der Waals surface area contributed by atoms with Gasteiger partial charge in [0.15, 0.2) is 5.82 Å². The molecular formula is C27H26N6O3. The molecule has 1 fully saturated rings. The van der Waals surface area contributed by atoms with Crippen LogP contribution < -0.4 is 15.0 Å². The summed E-state index contributed by atoms with van der Waals surface area (Å²) < 4.78 is 5.64. The van der Waals surface area contributed by atoms with Crippen LogP contribution in [-0.2, 0) is 9.59 Å². The Morgan fingerprint density at radius 2 is 1.78 bits per heavy atom. The van der Waals surface area contributed by atoms with E-state index < -0.39 is 12.0 Å². The lowest BCUT2D eigenvalue weighted by molar-refractivity contribution is -0.125. The molecule has 2 aromatic carbocycles. The number of methoxy groups -OCH3 is 1. The van der Waals surface area contributed by atoms with E-state index in [-0.39, 0.29) is 18.2 Å². The number of carbonyl (C=O) groups excluding carboxylic acids is 2. The molecule has 1 N–H and O–H groups in total. The number of aryl methyl sites for hydroxylation is 1. The molecule has 3 heterocycles. The van der Waals surface area contributed by atoms with Crippen LogP contribution in [0, 0.1) is 12.8 Å². The second kappa shape index (κ2) is 9.99. The van der Waals surface area contributed by atoms with Crippen LogP contribution in [0.3, 0.4) is 0 Å². The van der Waals surface area contributed by atoms with Crippen LogP contribution in [0.1, 0.15) is 30.0 Å². The summed E-state index contributed by atoms with van der Waals surface area (Å²) in [5.74, 6) is 0.440. The number of aromatic nitrogens is 4. The van der Waals surface area contributed by atoms with Gasteiger partial charge in [0.2, 0.25) is 11.8 Å². The molecule has 0 saturated carbocycles. The SMILES string of the molecule is COc1ccccc1[C@@H]1[C@H](C(=O)Nc2ccc(-n3nccn3)nc2)CCC(=O)N1c1ccc(C)cc1. The molecular weight excluding hydrogens is 456 g/mol. The van der Waals surface area contributed by atoms with Crippen molar-refractivity contribution in [1.29, 1.82) is 0 Å². The summed E-state index contributed by atoms with van der Waals surface area (Å²) in [5, 5.41) is 11.1. The average molecular weight is 483 g/mol. The summed E-state index contributed by atoms with van der Waals surface area (Å²) in [6, 6.07) is 18.3. The van der Waals surface area contributed by atoms with Crippen LogP contribution in [0.5, 0.6) is 5.75 Å². The maximum Gasteiger partial charge on any atom is 0.229 e. The van der Waals surface area contributed by atoms with Crippen molar-refractivity contribution in [2.45, 2.75) is 25.8 Å². The number of pyridine rings is 1. The van der Waals surface area contributed by atoms with E-state index in [2.05, 4.69) is 20.5 Å². The lowest BCUT2D eigenvalue weighted by Gasteiger charge is -2.41. The molecule has 36 heavy (non-hydrogen) atoms. The molecule has 182 valence electrons. The lowest BCUT2D eigenvalue weighted by Crippen LogP contribution is -2.47. The third-order valence-electron chi connectivity index (χ3n) is 6.34. The Balaban J connectivity index is 1.49. The van der Waals surface area contributed by atoms with Gasteiger partial charge in [0, 0.05) is 17.7 Å². The van der Waals surface area contributed by atoms with Gasteiger partial charge in [-0.3, -0.25) is 9.59 Å². The normalized spacial score (nSPS) is 17.6. The molecule has 0 unspecified atom stereocenters. The molecule has 1 aliphatic heterocycles. The van der Waals surface area contributed by atoms with Gasteiger partial charge in [0.1, 0.15) is 5.75 Å². The number of hydrogen-bond donors (Lipinski definition) is 1. The number of para-hydroxylation sites is 1. The Labute approximate surface area is 208 Å². The third kappa shape index (κ3) is 4.55. The second-order valence-electron chi connectivity index (χ2n) is 8.64. The van der Waals surface area contributed by atoms with Crippen LogP contribution in [0.15, 0.2) is 79.3 Å². The van der Waals surface area contributed by atoms with Crippen molar-refractivity contribution < 1.29 is 14.3 Å². The van der Waals surface area contributed by atoms with E-state index in [4.69, 9.17) is 4.74 Å². The monoisotopic (exact) mass is 482 g/mol. The van der Waals surface area contributed by atoms with Gasteiger partial charge < -0.3 is 15.0 Å². The number of piperidine rings is 1. The van der Waals surface area contributed by atoms with Gasteiger partial charge in [0.05, 0.1) is 43.3 Å². The molecule has 2 atom stereocenters. The number of carbonyl (C=O) groups is 2.